The molecule has 130 valence electrons. The van der Waals surface area contributed by atoms with Gasteiger partial charge in [-0.25, -0.2) is 0 Å². The quantitative estimate of drug-likeness (QED) is 0.782. The van der Waals surface area contributed by atoms with E-state index in [0.29, 0.717) is 13.0 Å². The SMILES string of the molecule is CC(C)Oc1cccc(/C=C\C(=O)NCCC(=O)N2CCCC2)c1. The van der Waals surface area contributed by atoms with Gasteiger partial charge in [0.2, 0.25) is 11.8 Å². The van der Waals surface area contributed by atoms with Crippen molar-refractivity contribution in [2.45, 2.75) is 39.2 Å². The summed E-state index contributed by atoms with van der Waals surface area (Å²) in [6.45, 7) is 6.01. The number of carbonyl (C=O) groups is 2. The number of amides is 2. The van der Waals surface area contributed by atoms with Crippen molar-refractivity contribution in [3.8, 4) is 5.75 Å². The molecule has 0 bridgehead atoms. The van der Waals surface area contributed by atoms with Gasteiger partial charge in [-0.05, 0) is 50.5 Å². The van der Waals surface area contributed by atoms with Gasteiger partial charge in [0.15, 0.2) is 0 Å². The normalized spacial score (nSPS) is 14.4. The number of carbonyl (C=O) groups excluding carboxylic acids is 2. The molecule has 2 amide bonds. The van der Waals surface area contributed by atoms with Gasteiger partial charge in [-0.3, -0.25) is 9.59 Å². The molecule has 5 nitrogen and oxygen atoms in total. The van der Waals surface area contributed by atoms with E-state index in [1.165, 1.54) is 6.08 Å². The van der Waals surface area contributed by atoms with E-state index in [2.05, 4.69) is 5.32 Å². The summed E-state index contributed by atoms with van der Waals surface area (Å²) in [5, 5.41) is 2.75. The van der Waals surface area contributed by atoms with Gasteiger partial charge in [0.05, 0.1) is 6.10 Å². The highest BCUT2D eigenvalue weighted by Gasteiger charge is 2.17. The highest BCUT2D eigenvalue weighted by molar-refractivity contribution is 5.92. The second-order valence-electron chi connectivity index (χ2n) is 6.20. The number of hydrogen-bond donors (Lipinski definition) is 1. The summed E-state index contributed by atoms with van der Waals surface area (Å²) in [5.41, 5.74) is 0.899. The fourth-order valence-electron chi connectivity index (χ4n) is 2.61. The second-order valence-corrected chi connectivity index (χ2v) is 6.20. The Balaban J connectivity index is 1.75. The van der Waals surface area contributed by atoms with Crippen LogP contribution in [0.15, 0.2) is 30.3 Å². The molecule has 0 atom stereocenters. The van der Waals surface area contributed by atoms with Crippen molar-refractivity contribution in [2.75, 3.05) is 19.6 Å². The molecule has 1 heterocycles. The fraction of sp³-hybridized carbons (Fsp3) is 0.474. The summed E-state index contributed by atoms with van der Waals surface area (Å²) < 4.78 is 5.63. The Morgan fingerprint density at radius 2 is 2.04 bits per heavy atom. The molecule has 0 aliphatic carbocycles. The summed E-state index contributed by atoms with van der Waals surface area (Å²) >= 11 is 0. The lowest BCUT2D eigenvalue weighted by molar-refractivity contribution is -0.130. The summed E-state index contributed by atoms with van der Waals surface area (Å²) in [7, 11) is 0. The van der Waals surface area contributed by atoms with Crippen LogP contribution < -0.4 is 10.1 Å². The van der Waals surface area contributed by atoms with E-state index in [-0.39, 0.29) is 17.9 Å². The molecule has 0 unspecified atom stereocenters. The average Bonchev–Trinajstić information content (AvgIpc) is 3.07. The maximum atomic E-state index is 11.9. The third-order valence-electron chi connectivity index (χ3n) is 3.75. The maximum Gasteiger partial charge on any atom is 0.244 e. The third-order valence-corrected chi connectivity index (χ3v) is 3.75. The second kappa shape index (κ2) is 9.11. The summed E-state index contributed by atoms with van der Waals surface area (Å²) in [6.07, 6.45) is 5.86. The molecule has 1 N–H and O–H groups in total. The fourth-order valence-corrected chi connectivity index (χ4v) is 2.61. The van der Waals surface area contributed by atoms with Gasteiger partial charge in [0, 0.05) is 32.1 Å². The first-order valence-electron chi connectivity index (χ1n) is 8.55. The lowest BCUT2D eigenvalue weighted by Crippen LogP contribution is -2.32. The monoisotopic (exact) mass is 330 g/mol. The van der Waals surface area contributed by atoms with Crippen LogP contribution in [-0.2, 0) is 9.59 Å². The number of nitrogens with one attached hydrogen (secondary N) is 1. The molecule has 1 saturated heterocycles. The van der Waals surface area contributed by atoms with Crippen LogP contribution >= 0.6 is 0 Å². The molecule has 0 saturated carbocycles. The van der Waals surface area contributed by atoms with Crippen molar-refractivity contribution in [1.82, 2.24) is 10.2 Å². The van der Waals surface area contributed by atoms with Crippen molar-refractivity contribution in [2.24, 2.45) is 0 Å². The molecule has 1 aliphatic heterocycles. The van der Waals surface area contributed by atoms with Crippen molar-refractivity contribution < 1.29 is 14.3 Å². The summed E-state index contributed by atoms with van der Waals surface area (Å²) in [4.78, 5) is 25.6. The molecule has 0 spiro atoms. The molecular formula is C19H26N2O3. The van der Waals surface area contributed by atoms with Gasteiger partial charge in [-0.1, -0.05) is 12.1 Å². The van der Waals surface area contributed by atoms with Gasteiger partial charge < -0.3 is 15.0 Å². The van der Waals surface area contributed by atoms with E-state index < -0.39 is 0 Å². The van der Waals surface area contributed by atoms with Gasteiger partial charge in [0.25, 0.3) is 0 Å². The van der Waals surface area contributed by atoms with Crippen LogP contribution in [0, 0.1) is 0 Å². The van der Waals surface area contributed by atoms with Crippen LogP contribution in [0.2, 0.25) is 0 Å². The Hall–Kier alpha value is -2.30. The minimum Gasteiger partial charge on any atom is -0.491 e. The molecule has 0 aromatic heterocycles. The van der Waals surface area contributed by atoms with Crippen molar-refractivity contribution in [1.29, 1.82) is 0 Å². The first kappa shape index (κ1) is 18.0. The molecule has 1 aromatic carbocycles. The van der Waals surface area contributed by atoms with Gasteiger partial charge in [-0.2, -0.15) is 0 Å². The van der Waals surface area contributed by atoms with E-state index in [4.69, 9.17) is 4.74 Å². The molecule has 1 aromatic rings. The molecule has 1 fully saturated rings. The van der Waals surface area contributed by atoms with Crippen molar-refractivity contribution >= 4 is 17.9 Å². The molecule has 0 radical (unpaired) electrons. The smallest absolute Gasteiger partial charge is 0.244 e. The first-order chi connectivity index (χ1) is 11.5. The Morgan fingerprint density at radius 3 is 2.75 bits per heavy atom. The standard InChI is InChI=1S/C19H26N2O3/c1-15(2)24-17-7-5-6-16(14-17)8-9-18(22)20-11-10-19(23)21-12-3-4-13-21/h5-9,14-15H,3-4,10-13H2,1-2H3,(H,20,22)/b9-8-. The molecule has 24 heavy (non-hydrogen) atoms. The lowest BCUT2D eigenvalue weighted by Gasteiger charge is -2.14. The zero-order chi connectivity index (χ0) is 17.4. The number of ether oxygens (including phenoxy) is 1. The highest BCUT2D eigenvalue weighted by atomic mass is 16.5. The largest absolute Gasteiger partial charge is 0.491 e. The van der Waals surface area contributed by atoms with Crippen LogP contribution in [0.1, 0.15) is 38.7 Å². The third kappa shape index (κ3) is 6.07. The number of nitrogens with zero attached hydrogens (tertiary/aromatic N) is 1. The number of benzene rings is 1. The van der Waals surface area contributed by atoms with Gasteiger partial charge >= 0.3 is 0 Å². The Kier molecular flexibility index (Phi) is 6.85. The van der Waals surface area contributed by atoms with E-state index in [1.807, 2.05) is 43.0 Å². The molecule has 1 aliphatic rings. The Bertz CT molecular complexity index is 590. The number of rotatable bonds is 7. The van der Waals surface area contributed by atoms with E-state index >= 15 is 0 Å². The van der Waals surface area contributed by atoms with Crippen LogP contribution in [0.5, 0.6) is 5.75 Å². The summed E-state index contributed by atoms with van der Waals surface area (Å²) in [6, 6.07) is 7.58. The Labute approximate surface area is 143 Å². The van der Waals surface area contributed by atoms with Crippen LogP contribution in [-0.4, -0.2) is 42.5 Å². The molecular weight excluding hydrogens is 304 g/mol. The van der Waals surface area contributed by atoms with E-state index in [9.17, 15) is 9.59 Å². The van der Waals surface area contributed by atoms with Crippen molar-refractivity contribution in [3.63, 3.8) is 0 Å². The van der Waals surface area contributed by atoms with Crippen LogP contribution in [0.25, 0.3) is 6.08 Å². The zero-order valence-corrected chi connectivity index (χ0v) is 14.5. The van der Waals surface area contributed by atoms with Crippen LogP contribution in [0.3, 0.4) is 0 Å². The molecule has 5 heteroatoms. The predicted molar refractivity (Wildman–Crippen MR) is 94.7 cm³/mol. The van der Waals surface area contributed by atoms with Gasteiger partial charge in [-0.15, -0.1) is 0 Å². The predicted octanol–water partition coefficient (Wildman–Crippen LogP) is 2.62. The van der Waals surface area contributed by atoms with E-state index in [0.717, 1.165) is 37.2 Å². The number of likely N-dealkylation sites (tertiary alicyclic amines) is 1. The zero-order valence-electron chi connectivity index (χ0n) is 14.5. The van der Waals surface area contributed by atoms with Crippen molar-refractivity contribution in [3.05, 3.63) is 35.9 Å². The number of hydrogen-bond acceptors (Lipinski definition) is 3. The molecule has 2 rings (SSSR count). The minimum absolute atomic E-state index is 0.112. The maximum absolute atomic E-state index is 11.9. The topological polar surface area (TPSA) is 58.6 Å². The van der Waals surface area contributed by atoms with E-state index in [1.54, 1.807) is 6.08 Å². The highest BCUT2D eigenvalue weighted by Crippen LogP contribution is 2.15. The average molecular weight is 330 g/mol. The van der Waals surface area contributed by atoms with Crippen LogP contribution in [0.4, 0.5) is 0 Å². The summed E-state index contributed by atoms with van der Waals surface area (Å²) in [5.74, 6) is 0.707. The van der Waals surface area contributed by atoms with Gasteiger partial charge in [0.1, 0.15) is 5.75 Å². The minimum atomic E-state index is -0.195. The first-order valence-corrected chi connectivity index (χ1v) is 8.55. The lowest BCUT2D eigenvalue weighted by atomic mass is 10.2. The Morgan fingerprint density at radius 1 is 1.29 bits per heavy atom.